The standard InChI is InChI=1S/C20H23N3O6S/c1-13(2)21-20(25)22-15-6-4-5-14(11-15)19(24)23(3)30(26,27)16-7-8-17-18(12-16)29-10-9-28-17/h4-8,11-13H,9-10H2,1-3H3,(H2,21,22,25). The second-order valence-corrected chi connectivity index (χ2v) is 8.89. The maximum absolute atomic E-state index is 12.9. The first-order chi connectivity index (χ1) is 14.2. The summed E-state index contributed by atoms with van der Waals surface area (Å²) in [4.78, 5) is 24.6. The number of urea groups is 1. The van der Waals surface area contributed by atoms with E-state index in [0.29, 0.717) is 34.7 Å². The SMILES string of the molecule is CC(C)NC(=O)Nc1cccc(C(=O)N(C)S(=O)(=O)c2ccc3c(c2)OCCO3)c1. The van der Waals surface area contributed by atoms with Gasteiger partial charge in [-0.1, -0.05) is 6.07 Å². The van der Waals surface area contributed by atoms with Crippen LogP contribution in [-0.2, 0) is 10.0 Å². The average molecular weight is 433 g/mol. The van der Waals surface area contributed by atoms with Crippen molar-refractivity contribution in [3.8, 4) is 11.5 Å². The first kappa shape index (κ1) is 21.4. The monoisotopic (exact) mass is 433 g/mol. The summed E-state index contributed by atoms with van der Waals surface area (Å²) in [6, 6.07) is 9.76. The Bertz CT molecular complexity index is 1070. The fourth-order valence-electron chi connectivity index (χ4n) is 2.79. The van der Waals surface area contributed by atoms with Crippen molar-refractivity contribution in [1.29, 1.82) is 0 Å². The Labute approximate surface area is 175 Å². The number of nitrogens with zero attached hydrogens (tertiary/aromatic N) is 1. The fourth-order valence-corrected chi connectivity index (χ4v) is 3.93. The molecule has 10 heteroatoms. The van der Waals surface area contributed by atoms with Crippen molar-refractivity contribution in [2.75, 3.05) is 25.6 Å². The molecule has 0 aliphatic carbocycles. The maximum Gasteiger partial charge on any atom is 0.319 e. The van der Waals surface area contributed by atoms with Gasteiger partial charge in [0.2, 0.25) is 0 Å². The van der Waals surface area contributed by atoms with Crippen molar-refractivity contribution < 1.29 is 27.5 Å². The van der Waals surface area contributed by atoms with Crippen molar-refractivity contribution in [1.82, 2.24) is 9.62 Å². The molecule has 0 saturated carbocycles. The number of sulfonamides is 1. The topological polar surface area (TPSA) is 114 Å². The molecule has 1 heterocycles. The van der Waals surface area contributed by atoms with Crippen LogP contribution in [-0.4, -0.2) is 51.0 Å². The Morgan fingerprint density at radius 2 is 1.73 bits per heavy atom. The highest BCUT2D eigenvalue weighted by Gasteiger charge is 2.28. The van der Waals surface area contributed by atoms with E-state index in [-0.39, 0.29) is 16.5 Å². The van der Waals surface area contributed by atoms with E-state index in [1.807, 2.05) is 13.8 Å². The largest absolute Gasteiger partial charge is 0.486 e. The third kappa shape index (κ3) is 4.65. The summed E-state index contributed by atoms with van der Waals surface area (Å²) in [5.74, 6) is 0.0240. The highest BCUT2D eigenvalue weighted by molar-refractivity contribution is 7.89. The molecule has 2 N–H and O–H groups in total. The molecule has 1 aliphatic heterocycles. The summed E-state index contributed by atoms with van der Waals surface area (Å²) in [6.07, 6.45) is 0. The van der Waals surface area contributed by atoms with Crippen LogP contribution in [0.5, 0.6) is 11.5 Å². The molecule has 1 aliphatic rings. The molecule has 2 aromatic carbocycles. The highest BCUT2D eigenvalue weighted by atomic mass is 32.2. The molecule has 0 atom stereocenters. The van der Waals surface area contributed by atoms with Crippen LogP contribution in [0.25, 0.3) is 0 Å². The lowest BCUT2D eigenvalue weighted by molar-refractivity contribution is 0.0883. The van der Waals surface area contributed by atoms with E-state index in [4.69, 9.17) is 9.47 Å². The Balaban J connectivity index is 1.81. The number of benzene rings is 2. The second-order valence-electron chi connectivity index (χ2n) is 6.92. The number of nitrogens with one attached hydrogen (secondary N) is 2. The summed E-state index contributed by atoms with van der Waals surface area (Å²) in [5, 5.41) is 5.28. The minimum atomic E-state index is -4.12. The van der Waals surface area contributed by atoms with Gasteiger partial charge in [-0.2, -0.15) is 0 Å². The van der Waals surface area contributed by atoms with Gasteiger partial charge in [0.1, 0.15) is 13.2 Å². The number of ether oxygens (including phenoxy) is 2. The Morgan fingerprint density at radius 1 is 1.03 bits per heavy atom. The van der Waals surface area contributed by atoms with Crippen molar-refractivity contribution in [2.45, 2.75) is 24.8 Å². The Hall–Kier alpha value is -3.27. The van der Waals surface area contributed by atoms with Crippen molar-refractivity contribution >= 4 is 27.6 Å². The van der Waals surface area contributed by atoms with Gasteiger partial charge in [0.15, 0.2) is 11.5 Å². The minimum absolute atomic E-state index is 0.0583. The van der Waals surface area contributed by atoms with Gasteiger partial charge in [-0.15, -0.1) is 0 Å². The van der Waals surface area contributed by atoms with Crippen LogP contribution >= 0.6 is 0 Å². The molecule has 30 heavy (non-hydrogen) atoms. The molecule has 0 unspecified atom stereocenters. The number of hydrogen-bond acceptors (Lipinski definition) is 6. The van der Waals surface area contributed by atoms with E-state index in [1.54, 1.807) is 12.1 Å². The van der Waals surface area contributed by atoms with Crippen LogP contribution in [0.3, 0.4) is 0 Å². The predicted octanol–water partition coefficient (Wildman–Crippen LogP) is 2.45. The maximum atomic E-state index is 12.9. The average Bonchev–Trinajstić information content (AvgIpc) is 2.71. The molecule has 0 aromatic heterocycles. The number of carbonyl (C=O) groups is 2. The van der Waals surface area contributed by atoms with Gasteiger partial charge in [-0.05, 0) is 44.2 Å². The zero-order chi connectivity index (χ0) is 21.9. The number of hydrogen-bond donors (Lipinski definition) is 2. The van der Waals surface area contributed by atoms with Crippen molar-refractivity contribution in [3.05, 3.63) is 48.0 Å². The zero-order valence-corrected chi connectivity index (χ0v) is 17.7. The van der Waals surface area contributed by atoms with E-state index >= 15 is 0 Å². The van der Waals surface area contributed by atoms with Gasteiger partial charge < -0.3 is 20.1 Å². The number of fused-ring (bicyclic) bond motifs is 1. The Morgan fingerprint density at radius 3 is 2.43 bits per heavy atom. The van der Waals surface area contributed by atoms with E-state index in [1.165, 1.54) is 37.4 Å². The first-order valence-corrected chi connectivity index (χ1v) is 10.7. The number of rotatable bonds is 5. The summed E-state index contributed by atoms with van der Waals surface area (Å²) in [5.41, 5.74) is 0.477. The number of carbonyl (C=O) groups excluding carboxylic acids is 2. The number of amides is 3. The van der Waals surface area contributed by atoms with E-state index < -0.39 is 22.0 Å². The molecule has 160 valence electrons. The van der Waals surface area contributed by atoms with Gasteiger partial charge in [-0.25, -0.2) is 17.5 Å². The predicted molar refractivity (Wildman–Crippen MR) is 110 cm³/mol. The molecule has 0 spiro atoms. The molecule has 0 fully saturated rings. The lowest BCUT2D eigenvalue weighted by Gasteiger charge is -2.21. The van der Waals surface area contributed by atoms with Crippen LogP contribution in [0.15, 0.2) is 47.4 Å². The van der Waals surface area contributed by atoms with E-state index in [0.717, 1.165) is 0 Å². The van der Waals surface area contributed by atoms with Gasteiger partial charge >= 0.3 is 6.03 Å². The third-order valence-electron chi connectivity index (χ3n) is 4.25. The molecule has 9 nitrogen and oxygen atoms in total. The van der Waals surface area contributed by atoms with Crippen LogP contribution in [0.1, 0.15) is 24.2 Å². The molecule has 3 rings (SSSR count). The van der Waals surface area contributed by atoms with Crippen molar-refractivity contribution in [2.24, 2.45) is 0 Å². The zero-order valence-electron chi connectivity index (χ0n) is 16.8. The summed E-state index contributed by atoms with van der Waals surface area (Å²) in [6.45, 7) is 4.33. The van der Waals surface area contributed by atoms with Crippen LogP contribution in [0, 0.1) is 0 Å². The molecule has 3 amide bonds. The molecule has 0 saturated heterocycles. The molecule has 2 aromatic rings. The van der Waals surface area contributed by atoms with Gasteiger partial charge in [0, 0.05) is 30.4 Å². The number of anilines is 1. The van der Waals surface area contributed by atoms with E-state index in [2.05, 4.69) is 10.6 Å². The molecule has 0 radical (unpaired) electrons. The molecule has 0 bridgehead atoms. The van der Waals surface area contributed by atoms with Crippen molar-refractivity contribution in [3.63, 3.8) is 0 Å². The Kier molecular flexibility index (Phi) is 6.16. The smallest absolute Gasteiger partial charge is 0.319 e. The lowest BCUT2D eigenvalue weighted by Crippen LogP contribution is -2.34. The summed E-state index contributed by atoms with van der Waals surface area (Å²) >= 11 is 0. The molecular weight excluding hydrogens is 410 g/mol. The minimum Gasteiger partial charge on any atom is -0.486 e. The second kappa shape index (κ2) is 8.62. The summed E-state index contributed by atoms with van der Waals surface area (Å²) < 4.78 is 37.4. The third-order valence-corrected chi connectivity index (χ3v) is 5.98. The first-order valence-electron chi connectivity index (χ1n) is 9.29. The quantitative estimate of drug-likeness (QED) is 0.749. The highest BCUT2D eigenvalue weighted by Crippen LogP contribution is 2.33. The van der Waals surface area contributed by atoms with Gasteiger partial charge in [0.05, 0.1) is 4.90 Å². The van der Waals surface area contributed by atoms with Crippen LogP contribution in [0.4, 0.5) is 10.5 Å². The van der Waals surface area contributed by atoms with Gasteiger partial charge in [-0.3, -0.25) is 4.79 Å². The van der Waals surface area contributed by atoms with Gasteiger partial charge in [0.25, 0.3) is 15.9 Å². The van der Waals surface area contributed by atoms with Crippen LogP contribution < -0.4 is 20.1 Å². The lowest BCUT2D eigenvalue weighted by atomic mass is 10.2. The summed E-state index contributed by atoms with van der Waals surface area (Å²) in [7, 11) is -2.94. The van der Waals surface area contributed by atoms with Crippen LogP contribution in [0.2, 0.25) is 0 Å². The van der Waals surface area contributed by atoms with E-state index in [9.17, 15) is 18.0 Å². The fraction of sp³-hybridized carbons (Fsp3) is 0.300. The molecular formula is C20H23N3O6S. The normalized spacial score (nSPS) is 12.9.